The third kappa shape index (κ3) is 3.99. The van der Waals surface area contributed by atoms with Crippen molar-refractivity contribution in [3.63, 3.8) is 0 Å². The van der Waals surface area contributed by atoms with Crippen molar-refractivity contribution in [2.45, 2.75) is 52.4 Å². The van der Waals surface area contributed by atoms with Crippen molar-refractivity contribution in [3.8, 4) is 0 Å². The molecule has 6 heteroatoms. The molecule has 0 aromatic heterocycles. The molecule has 0 spiro atoms. The minimum atomic E-state index is -1.06. The van der Waals surface area contributed by atoms with Gasteiger partial charge in [0, 0.05) is 6.54 Å². The van der Waals surface area contributed by atoms with Gasteiger partial charge in [0.05, 0.1) is 0 Å². The van der Waals surface area contributed by atoms with Crippen molar-refractivity contribution in [3.05, 3.63) is 0 Å². The van der Waals surface area contributed by atoms with Crippen molar-refractivity contribution in [1.82, 2.24) is 10.2 Å². The second kappa shape index (κ2) is 8.41. The highest BCUT2D eigenvalue weighted by molar-refractivity contribution is 7.98. The van der Waals surface area contributed by atoms with Gasteiger partial charge in [-0.25, -0.2) is 4.79 Å². The molecule has 1 aliphatic heterocycles. The lowest BCUT2D eigenvalue weighted by Gasteiger charge is -2.38. The Kier molecular flexibility index (Phi) is 7.22. The molecule has 0 aliphatic carbocycles. The van der Waals surface area contributed by atoms with Gasteiger partial charge in [-0.3, -0.25) is 19.8 Å². The minimum Gasteiger partial charge on any atom is -0.277 e. The summed E-state index contributed by atoms with van der Waals surface area (Å²) < 4.78 is 0. The molecular formula is C15H26N2O3S. The van der Waals surface area contributed by atoms with Crippen LogP contribution in [0.3, 0.4) is 0 Å². The maximum Gasteiger partial charge on any atom is 0.330 e. The Bertz CT molecular complexity index is 394. The van der Waals surface area contributed by atoms with Crippen LogP contribution in [0.1, 0.15) is 52.4 Å². The fraction of sp³-hybridized carbons (Fsp3) is 0.800. The van der Waals surface area contributed by atoms with E-state index in [1.54, 1.807) is 0 Å². The van der Waals surface area contributed by atoms with Gasteiger partial charge in [0.2, 0.25) is 11.8 Å². The third-order valence-corrected chi connectivity index (χ3v) is 4.94. The van der Waals surface area contributed by atoms with Crippen molar-refractivity contribution in [2.24, 2.45) is 5.41 Å². The highest BCUT2D eigenvalue weighted by Gasteiger charge is 2.51. The zero-order chi connectivity index (χ0) is 15.9. The van der Waals surface area contributed by atoms with Crippen LogP contribution in [0.4, 0.5) is 4.79 Å². The van der Waals surface area contributed by atoms with Gasteiger partial charge in [-0.15, -0.1) is 0 Å². The average molecular weight is 314 g/mol. The van der Waals surface area contributed by atoms with Crippen LogP contribution in [0.15, 0.2) is 0 Å². The summed E-state index contributed by atoms with van der Waals surface area (Å²) in [6.45, 7) is 4.04. The van der Waals surface area contributed by atoms with Gasteiger partial charge in [0.15, 0.2) is 0 Å². The lowest BCUT2D eigenvalue weighted by atomic mass is 9.78. The standard InChI is InChI=1S/C15H26N2O3S/c1-4-15(5-2)12(18)16-14(20)17(13(15)19)10-8-6-7-9-11-21-3/h4-11H2,1-3H3,(H,16,18,20). The quantitative estimate of drug-likeness (QED) is 0.525. The molecule has 0 aromatic rings. The molecule has 1 fully saturated rings. The van der Waals surface area contributed by atoms with Crippen molar-refractivity contribution in [2.75, 3.05) is 18.6 Å². The molecule has 1 heterocycles. The lowest BCUT2D eigenvalue weighted by Crippen LogP contribution is -2.63. The van der Waals surface area contributed by atoms with E-state index in [2.05, 4.69) is 11.6 Å². The Labute approximate surface area is 131 Å². The van der Waals surface area contributed by atoms with Crippen LogP contribution in [0.5, 0.6) is 0 Å². The molecule has 4 amide bonds. The van der Waals surface area contributed by atoms with Gasteiger partial charge >= 0.3 is 6.03 Å². The van der Waals surface area contributed by atoms with Crippen LogP contribution < -0.4 is 5.32 Å². The minimum absolute atomic E-state index is 0.328. The molecule has 1 N–H and O–H groups in total. The van der Waals surface area contributed by atoms with Crippen LogP contribution >= 0.6 is 11.8 Å². The summed E-state index contributed by atoms with van der Waals surface area (Å²) in [6, 6.07) is -0.563. The first kappa shape index (κ1) is 18.0. The van der Waals surface area contributed by atoms with Crippen molar-refractivity contribution < 1.29 is 14.4 Å². The molecule has 1 aliphatic rings. The number of urea groups is 1. The van der Waals surface area contributed by atoms with Gasteiger partial charge in [-0.1, -0.05) is 26.7 Å². The van der Waals surface area contributed by atoms with Crippen LogP contribution in [-0.2, 0) is 9.59 Å². The first-order valence-corrected chi connectivity index (χ1v) is 9.09. The molecule has 21 heavy (non-hydrogen) atoms. The molecule has 1 rings (SSSR count). The first-order chi connectivity index (χ1) is 10.0. The number of barbiturate groups is 1. The Morgan fingerprint density at radius 2 is 1.67 bits per heavy atom. The number of imide groups is 2. The Hall–Kier alpha value is -1.04. The van der Waals surface area contributed by atoms with E-state index in [1.165, 1.54) is 4.90 Å². The number of hydrogen-bond donors (Lipinski definition) is 1. The number of carbonyl (C=O) groups is 3. The molecule has 0 aromatic carbocycles. The first-order valence-electron chi connectivity index (χ1n) is 7.69. The number of hydrogen-bond acceptors (Lipinski definition) is 4. The summed E-state index contributed by atoms with van der Waals surface area (Å²) in [6.07, 6.45) is 6.99. The average Bonchev–Trinajstić information content (AvgIpc) is 2.47. The van der Waals surface area contributed by atoms with Gasteiger partial charge < -0.3 is 0 Å². The van der Waals surface area contributed by atoms with E-state index in [1.807, 2.05) is 25.6 Å². The van der Waals surface area contributed by atoms with Gasteiger partial charge in [0.25, 0.3) is 0 Å². The molecule has 5 nitrogen and oxygen atoms in total. The highest BCUT2D eigenvalue weighted by atomic mass is 32.2. The Balaban J connectivity index is 2.58. The predicted octanol–water partition coefficient (Wildman–Crippen LogP) is 2.79. The van der Waals surface area contributed by atoms with E-state index in [4.69, 9.17) is 0 Å². The van der Waals surface area contributed by atoms with Crippen LogP contribution in [0.2, 0.25) is 0 Å². The maximum absolute atomic E-state index is 12.5. The molecule has 0 unspecified atom stereocenters. The number of nitrogens with zero attached hydrogens (tertiary/aromatic N) is 1. The van der Waals surface area contributed by atoms with Gasteiger partial charge in [-0.05, 0) is 37.7 Å². The monoisotopic (exact) mass is 314 g/mol. The summed E-state index contributed by atoms with van der Waals surface area (Å²) in [4.78, 5) is 37.6. The smallest absolute Gasteiger partial charge is 0.277 e. The fourth-order valence-corrected chi connectivity index (χ4v) is 3.17. The zero-order valence-electron chi connectivity index (χ0n) is 13.2. The van der Waals surface area contributed by atoms with Gasteiger partial charge in [-0.2, -0.15) is 11.8 Å². The predicted molar refractivity (Wildman–Crippen MR) is 85.1 cm³/mol. The van der Waals surface area contributed by atoms with Crippen LogP contribution in [0, 0.1) is 5.41 Å². The van der Waals surface area contributed by atoms with E-state index < -0.39 is 17.4 Å². The van der Waals surface area contributed by atoms with Crippen molar-refractivity contribution in [1.29, 1.82) is 0 Å². The fourth-order valence-electron chi connectivity index (χ4n) is 2.68. The number of carbonyl (C=O) groups excluding carboxylic acids is 3. The summed E-state index contributed by atoms with van der Waals surface area (Å²) in [5.41, 5.74) is -1.06. The van der Waals surface area contributed by atoms with Crippen molar-refractivity contribution >= 4 is 29.6 Å². The lowest BCUT2D eigenvalue weighted by molar-refractivity contribution is -0.152. The molecule has 120 valence electrons. The number of amides is 4. The highest BCUT2D eigenvalue weighted by Crippen LogP contribution is 2.32. The number of rotatable bonds is 9. The Morgan fingerprint density at radius 3 is 2.24 bits per heavy atom. The van der Waals surface area contributed by atoms with Crippen LogP contribution in [0.25, 0.3) is 0 Å². The molecule has 0 atom stereocenters. The maximum atomic E-state index is 12.5. The van der Waals surface area contributed by atoms with E-state index in [0.717, 1.165) is 31.4 Å². The number of unbranched alkanes of at least 4 members (excludes halogenated alkanes) is 3. The zero-order valence-corrected chi connectivity index (χ0v) is 14.1. The van der Waals surface area contributed by atoms with Crippen LogP contribution in [-0.4, -0.2) is 41.3 Å². The van der Waals surface area contributed by atoms with E-state index >= 15 is 0 Å². The number of nitrogens with one attached hydrogen (secondary N) is 1. The normalized spacial score (nSPS) is 18.0. The summed E-state index contributed by atoms with van der Waals surface area (Å²) in [5.74, 6) is 0.371. The second-order valence-electron chi connectivity index (χ2n) is 5.41. The molecule has 0 radical (unpaired) electrons. The van der Waals surface area contributed by atoms with E-state index in [-0.39, 0.29) is 5.91 Å². The molecule has 0 bridgehead atoms. The summed E-state index contributed by atoms with van der Waals surface area (Å²) in [7, 11) is 0. The molecular weight excluding hydrogens is 288 g/mol. The van der Waals surface area contributed by atoms with Gasteiger partial charge in [0.1, 0.15) is 5.41 Å². The Morgan fingerprint density at radius 1 is 1.05 bits per heavy atom. The summed E-state index contributed by atoms with van der Waals surface area (Å²) >= 11 is 1.83. The second-order valence-corrected chi connectivity index (χ2v) is 6.40. The SMILES string of the molecule is CCC1(CC)C(=O)NC(=O)N(CCCCCCSC)C1=O. The van der Waals surface area contributed by atoms with E-state index in [9.17, 15) is 14.4 Å². The molecule has 1 saturated heterocycles. The molecule has 0 saturated carbocycles. The largest absolute Gasteiger partial charge is 0.330 e. The number of thioether (sulfide) groups is 1. The topological polar surface area (TPSA) is 66.5 Å². The van der Waals surface area contributed by atoms with E-state index in [0.29, 0.717) is 19.4 Å². The summed E-state index contributed by atoms with van der Waals surface area (Å²) in [5, 5.41) is 2.34. The third-order valence-electron chi connectivity index (χ3n) is 4.24.